The minimum Gasteiger partial charge on any atom is -0.465 e. The number of anilines is 1. The lowest BCUT2D eigenvalue weighted by Gasteiger charge is -2.17. The van der Waals surface area contributed by atoms with Crippen molar-refractivity contribution in [3.63, 3.8) is 0 Å². The van der Waals surface area contributed by atoms with Crippen molar-refractivity contribution in [2.24, 2.45) is 0 Å². The maximum atomic E-state index is 14.0. The molecule has 0 saturated heterocycles. The summed E-state index contributed by atoms with van der Waals surface area (Å²) in [6.45, 7) is 2.20. The Morgan fingerprint density at radius 2 is 2.16 bits per heavy atom. The second-order valence-corrected chi connectivity index (χ2v) is 4.00. The molecule has 0 aliphatic carbocycles. The summed E-state index contributed by atoms with van der Waals surface area (Å²) in [7, 11) is 2.69. The number of rotatable bonds is 6. The van der Waals surface area contributed by atoms with Crippen molar-refractivity contribution in [3.05, 3.63) is 29.1 Å². The molecule has 1 aromatic carbocycles. The van der Waals surface area contributed by atoms with Crippen molar-refractivity contribution >= 4 is 17.9 Å². The van der Waals surface area contributed by atoms with Gasteiger partial charge in [-0.05, 0) is 19.1 Å². The van der Waals surface area contributed by atoms with Gasteiger partial charge in [-0.2, -0.15) is 0 Å². The van der Waals surface area contributed by atoms with Gasteiger partial charge in [0.15, 0.2) is 6.29 Å². The van der Waals surface area contributed by atoms with Crippen LogP contribution in [0.2, 0.25) is 0 Å². The number of ether oxygens (including phenoxy) is 2. The van der Waals surface area contributed by atoms with Gasteiger partial charge >= 0.3 is 5.97 Å². The quantitative estimate of drug-likeness (QED) is 0.631. The van der Waals surface area contributed by atoms with Crippen LogP contribution in [0.15, 0.2) is 12.1 Å². The standard InChI is InChI=1S/C13H16FNO4/c1-8(7-18-2)15-10-5-4-9(6-16)12(14)11(10)13(17)19-3/h4-6,8,15H,7H2,1-3H3/t8-/m0/s1. The van der Waals surface area contributed by atoms with Crippen LogP contribution in [-0.2, 0) is 9.47 Å². The first kappa shape index (κ1) is 15.1. The number of aldehydes is 1. The van der Waals surface area contributed by atoms with Crippen LogP contribution in [0.1, 0.15) is 27.6 Å². The lowest BCUT2D eigenvalue weighted by molar-refractivity contribution is 0.0596. The third kappa shape index (κ3) is 3.51. The van der Waals surface area contributed by atoms with Crippen LogP contribution in [0.5, 0.6) is 0 Å². The number of carbonyl (C=O) groups excluding carboxylic acids is 2. The first-order valence-electron chi connectivity index (χ1n) is 5.66. The molecule has 1 rings (SSSR count). The second kappa shape index (κ2) is 6.84. The summed E-state index contributed by atoms with van der Waals surface area (Å²) in [6.07, 6.45) is 0.351. The van der Waals surface area contributed by atoms with E-state index in [0.717, 1.165) is 7.11 Å². The average molecular weight is 269 g/mol. The van der Waals surface area contributed by atoms with E-state index in [-0.39, 0.29) is 22.9 Å². The highest BCUT2D eigenvalue weighted by Crippen LogP contribution is 2.23. The molecular formula is C13H16FNO4. The molecule has 1 aromatic rings. The molecule has 0 spiro atoms. The van der Waals surface area contributed by atoms with Gasteiger partial charge in [-0.1, -0.05) is 0 Å². The van der Waals surface area contributed by atoms with E-state index in [1.807, 2.05) is 6.92 Å². The van der Waals surface area contributed by atoms with E-state index in [4.69, 9.17) is 4.74 Å². The van der Waals surface area contributed by atoms with Crippen LogP contribution >= 0.6 is 0 Å². The van der Waals surface area contributed by atoms with Crippen molar-refractivity contribution in [3.8, 4) is 0 Å². The Bertz CT molecular complexity index is 476. The number of esters is 1. The molecular weight excluding hydrogens is 253 g/mol. The molecule has 0 aromatic heterocycles. The van der Waals surface area contributed by atoms with E-state index in [9.17, 15) is 14.0 Å². The normalized spacial score (nSPS) is 11.8. The van der Waals surface area contributed by atoms with Gasteiger partial charge in [0.1, 0.15) is 11.4 Å². The average Bonchev–Trinajstić information content (AvgIpc) is 2.38. The minimum absolute atomic E-state index is 0.130. The molecule has 0 unspecified atom stereocenters. The molecule has 0 saturated carbocycles. The smallest absolute Gasteiger partial charge is 0.343 e. The summed E-state index contributed by atoms with van der Waals surface area (Å²) < 4.78 is 23.5. The molecule has 0 radical (unpaired) electrons. The first-order valence-corrected chi connectivity index (χ1v) is 5.66. The van der Waals surface area contributed by atoms with Crippen molar-refractivity contribution < 1.29 is 23.5 Å². The van der Waals surface area contributed by atoms with Crippen molar-refractivity contribution in [1.29, 1.82) is 0 Å². The minimum atomic E-state index is -0.892. The SMILES string of the molecule is COC[C@H](C)Nc1ccc(C=O)c(F)c1C(=O)OC. The van der Waals surface area contributed by atoms with Gasteiger partial charge in [0.2, 0.25) is 0 Å². The van der Waals surface area contributed by atoms with E-state index in [1.165, 1.54) is 19.2 Å². The number of benzene rings is 1. The van der Waals surface area contributed by atoms with Gasteiger partial charge < -0.3 is 14.8 Å². The Labute approximate surface area is 110 Å². The van der Waals surface area contributed by atoms with Crippen LogP contribution in [0.25, 0.3) is 0 Å². The van der Waals surface area contributed by atoms with Gasteiger partial charge in [0.25, 0.3) is 0 Å². The Hall–Kier alpha value is -1.95. The number of nitrogens with one attached hydrogen (secondary N) is 1. The summed E-state index contributed by atoms with van der Waals surface area (Å²) in [6, 6.07) is 2.64. The fraction of sp³-hybridized carbons (Fsp3) is 0.385. The van der Waals surface area contributed by atoms with Gasteiger partial charge in [0.05, 0.1) is 25.0 Å². The Morgan fingerprint density at radius 1 is 1.47 bits per heavy atom. The van der Waals surface area contributed by atoms with Crippen LogP contribution in [0, 0.1) is 5.82 Å². The van der Waals surface area contributed by atoms with Gasteiger partial charge in [-0.15, -0.1) is 0 Å². The summed E-state index contributed by atoms with van der Waals surface area (Å²) in [5, 5.41) is 2.94. The molecule has 0 aliphatic rings. The molecule has 19 heavy (non-hydrogen) atoms. The van der Waals surface area contributed by atoms with Crippen molar-refractivity contribution in [2.75, 3.05) is 26.1 Å². The predicted molar refractivity (Wildman–Crippen MR) is 68.1 cm³/mol. The third-order valence-electron chi connectivity index (χ3n) is 2.51. The number of halogens is 1. The highest BCUT2D eigenvalue weighted by molar-refractivity contribution is 5.98. The van der Waals surface area contributed by atoms with Crippen LogP contribution in [-0.4, -0.2) is 39.1 Å². The molecule has 0 bridgehead atoms. The molecule has 1 atom stereocenters. The van der Waals surface area contributed by atoms with E-state index in [0.29, 0.717) is 12.9 Å². The fourth-order valence-electron chi connectivity index (χ4n) is 1.66. The predicted octanol–water partition coefficient (Wildman–Crippen LogP) is 1.87. The molecule has 104 valence electrons. The number of hydrogen-bond acceptors (Lipinski definition) is 5. The lowest BCUT2D eigenvalue weighted by atomic mass is 10.1. The summed E-state index contributed by atoms with van der Waals surface area (Å²) in [5.74, 6) is -1.73. The maximum absolute atomic E-state index is 14.0. The van der Waals surface area contributed by atoms with E-state index in [1.54, 1.807) is 0 Å². The van der Waals surface area contributed by atoms with Gasteiger partial charge in [-0.3, -0.25) is 4.79 Å². The zero-order chi connectivity index (χ0) is 14.4. The number of methoxy groups -OCH3 is 2. The van der Waals surface area contributed by atoms with Crippen LogP contribution < -0.4 is 5.32 Å². The Morgan fingerprint density at radius 3 is 2.68 bits per heavy atom. The fourth-order valence-corrected chi connectivity index (χ4v) is 1.66. The summed E-state index contributed by atoms with van der Waals surface area (Å²) in [5.41, 5.74) is -0.208. The highest BCUT2D eigenvalue weighted by Gasteiger charge is 2.21. The second-order valence-electron chi connectivity index (χ2n) is 4.00. The third-order valence-corrected chi connectivity index (χ3v) is 2.51. The molecule has 0 aliphatic heterocycles. The molecule has 0 heterocycles. The Balaban J connectivity index is 3.19. The zero-order valence-electron chi connectivity index (χ0n) is 11.0. The monoisotopic (exact) mass is 269 g/mol. The molecule has 1 N–H and O–H groups in total. The van der Waals surface area contributed by atoms with Crippen molar-refractivity contribution in [2.45, 2.75) is 13.0 Å². The van der Waals surface area contributed by atoms with Gasteiger partial charge in [-0.25, -0.2) is 9.18 Å². The first-order chi connectivity index (χ1) is 9.04. The van der Waals surface area contributed by atoms with E-state index in [2.05, 4.69) is 10.1 Å². The Kier molecular flexibility index (Phi) is 5.44. The lowest BCUT2D eigenvalue weighted by Crippen LogP contribution is -2.23. The molecule has 0 fully saturated rings. The van der Waals surface area contributed by atoms with Crippen LogP contribution in [0.3, 0.4) is 0 Å². The highest BCUT2D eigenvalue weighted by atomic mass is 19.1. The van der Waals surface area contributed by atoms with Crippen molar-refractivity contribution in [1.82, 2.24) is 0 Å². The molecule has 6 heteroatoms. The number of carbonyl (C=O) groups is 2. The zero-order valence-corrected chi connectivity index (χ0v) is 11.0. The molecule has 5 nitrogen and oxygen atoms in total. The number of hydrogen-bond donors (Lipinski definition) is 1. The summed E-state index contributed by atoms with van der Waals surface area (Å²) in [4.78, 5) is 22.3. The maximum Gasteiger partial charge on any atom is 0.343 e. The van der Waals surface area contributed by atoms with Crippen LogP contribution in [0.4, 0.5) is 10.1 Å². The summed E-state index contributed by atoms with van der Waals surface area (Å²) >= 11 is 0. The molecule has 0 amide bonds. The van der Waals surface area contributed by atoms with Gasteiger partial charge in [0, 0.05) is 13.2 Å². The topological polar surface area (TPSA) is 64.6 Å². The van der Waals surface area contributed by atoms with E-state index >= 15 is 0 Å². The largest absolute Gasteiger partial charge is 0.465 e. The van der Waals surface area contributed by atoms with E-state index < -0.39 is 11.8 Å².